The van der Waals surface area contributed by atoms with E-state index in [2.05, 4.69) is 0 Å². The largest absolute Gasteiger partial charge is 0.493 e. The Morgan fingerprint density at radius 2 is 1.71 bits per heavy atom. The zero-order chi connectivity index (χ0) is 17.7. The molecule has 6 nitrogen and oxygen atoms in total. The van der Waals surface area contributed by atoms with E-state index in [9.17, 15) is 14.9 Å². The fraction of sp³-hybridized carbons (Fsp3) is 0.118. The summed E-state index contributed by atoms with van der Waals surface area (Å²) in [6, 6.07) is 9.06. The van der Waals surface area contributed by atoms with Gasteiger partial charge in [0.2, 0.25) is 0 Å². The van der Waals surface area contributed by atoms with E-state index in [0.717, 1.165) is 0 Å². The number of halogens is 1. The predicted molar refractivity (Wildman–Crippen MR) is 91.0 cm³/mol. The van der Waals surface area contributed by atoms with Crippen molar-refractivity contribution in [1.29, 1.82) is 0 Å². The number of nitro groups is 1. The Hall–Kier alpha value is -2.86. The van der Waals surface area contributed by atoms with Crippen molar-refractivity contribution < 1.29 is 19.2 Å². The number of allylic oxidation sites excluding steroid dienone is 1. The Kier molecular flexibility index (Phi) is 5.55. The maximum Gasteiger partial charge on any atom is 0.280 e. The average molecular weight is 348 g/mol. The molecule has 0 aromatic heterocycles. The normalized spacial score (nSPS) is 10.6. The Bertz CT molecular complexity index is 799. The van der Waals surface area contributed by atoms with Gasteiger partial charge in [-0.05, 0) is 42.5 Å². The molecule has 0 saturated carbocycles. The number of methoxy groups -OCH3 is 2. The van der Waals surface area contributed by atoms with E-state index in [1.807, 2.05) is 0 Å². The molecule has 0 bridgehead atoms. The lowest BCUT2D eigenvalue weighted by atomic mass is 10.1. The lowest BCUT2D eigenvalue weighted by Crippen LogP contribution is -1.98. The van der Waals surface area contributed by atoms with Gasteiger partial charge in [-0.2, -0.15) is 0 Å². The minimum absolute atomic E-state index is 0.187. The highest BCUT2D eigenvalue weighted by Gasteiger charge is 2.18. The van der Waals surface area contributed by atoms with Crippen LogP contribution in [0.1, 0.15) is 15.9 Å². The summed E-state index contributed by atoms with van der Waals surface area (Å²) in [5, 5.41) is 11.7. The van der Waals surface area contributed by atoms with Gasteiger partial charge in [0, 0.05) is 10.6 Å². The number of ether oxygens (including phenoxy) is 2. The van der Waals surface area contributed by atoms with Crippen LogP contribution in [0.4, 0.5) is 5.69 Å². The summed E-state index contributed by atoms with van der Waals surface area (Å²) in [4.78, 5) is 22.8. The molecule has 24 heavy (non-hydrogen) atoms. The summed E-state index contributed by atoms with van der Waals surface area (Å²) in [6.45, 7) is 0. The van der Waals surface area contributed by atoms with Crippen molar-refractivity contribution in [2.24, 2.45) is 0 Å². The van der Waals surface area contributed by atoms with E-state index in [1.54, 1.807) is 24.3 Å². The minimum atomic E-state index is -0.547. The quantitative estimate of drug-likeness (QED) is 0.339. The van der Waals surface area contributed by atoms with Crippen LogP contribution >= 0.6 is 11.6 Å². The van der Waals surface area contributed by atoms with Gasteiger partial charge in [0.05, 0.1) is 30.8 Å². The van der Waals surface area contributed by atoms with Crippen LogP contribution in [0.15, 0.2) is 42.5 Å². The Balaban J connectivity index is 2.38. The zero-order valence-electron chi connectivity index (χ0n) is 13.0. The number of rotatable bonds is 6. The summed E-state index contributed by atoms with van der Waals surface area (Å²) in [7, 11) is 2.82. The van der Waals surface area contributed by atoms with Gasteiger partial charge < -0.3 is 9.47 Å². The predicted octanol–water partition coefficient (Wildman–Crippen LogP) is 4.16. The van der Waals surface area contributed by atoms with Crippen molar-refractivity contribution in [3.05, 3.63) is 68.7 Å². The average Bonchev–Trinajstić information content (AvgIpc) is 2.59. The number of nitro benzene ring substituents is 1. The number of benzene rings is 2. The smallest absolute Gasteiger partial charge is 0.280 e. The molecule has 0 radical (unpaired) electrons. The summed E-state index contributed by atoms with van der Waals surface area (Å²) >= 11 is 5.78. The van der Waals surface area contributed by atoms with E-state index >= 15 is 0 Å². The molecule has 2 rings (SSSR count). The van der Waals surface area contributed by atoms with E-state index in [0.29, 0.717) is 16.3 Å². The maximum absolute atomic E-state index is 12.1. The third kappa shape index (κ3) is 3.91. The van der Waals surface area contributed by atoms with Gasteiger partial charge in [0.1, 0.15) is 0 Å². The minimum Gasteiger partial charge on any atom is -0.493 e. The summed E-state index contributed by atoms with van der Waals surface area (Å²) in [5.41, 5.74) is 0.478. The standard InChI is InChI=1S/C17H14ClNO5/c1-23-16-9-12(14(19(21)22)10-17(16)24-2)5-8-15(20)11-3-6-13(18)7-4-11/h3-10H,1-2H3/b8-5+. The van der Waals surface area contributed by atoms with Crippen LogP contribution in [0.5, 0.6) is 11.5 Å². The van der Waals surface area contributed by atoms with Crippen LogP contribution in [-0.4, -0.2) is 24.9 Å². The molecular formula is C17H14ClNO5. The second-order valence-corrected chi connectivity index (χ2v) is 5.16. The molecule has 0 N–H and O–H groups in total. The van der Waals surface area contributed by atoms with Gasteiger partial charge in [-0.25, -0.2) is 0 Å². The first kappa shape index (κ1) is 17.5. The molecule has 0 amide bonds. The summed E-state index contributed by atoms with van der Waals surface area (Å²) in [5.74, 6) is 0.280. The van der Waals surface area contributed by atoms with Gasteiger partial charge in [-0.3, -0.25) is 14.9 Å². The Morgan fingerprint density at radius 1 is 1.12 bits per heavy atom. The molecule has 0 aliphatic rings. The molecule has 7 heteroatoms. The molecule has 0 heterocycles. The third-order valence-corrected chi connectivity index (χ3v) is 3.52. The summed E-state index contributed by atoms with van der Waals surface area (Å²) in [6.07, 6.45) is 2.63. The van der Waals surface area contributed by atoms with E-state index in [4.69, 9.17) is 21.1 Å². The Morgan fingerprint density at radius 3 is 2.25 bits per heavy atom. The number of hydrogen-bond donors (Lipinski definition) is 0. The number of hydrogen-bond acceptors (Lipinski definition) is 5. The second-order valence-electron chi connectivity index (χ2n) is 4.73. The van der Waals surface area contributed by atoms with Gasteiger partial charge in [-0.1, -0.05) is 11.6 Å². The summed E-state index contributed by atoms with van der Waals surface area (Å²) < 4.78 is 10.2. The van der Waals surface area contributed by atoms with Crippen molar-refractivity contribution in [2.75, 3.05) is 14.2 Å². The molecular weight excluding hydrogens is 334 g/mol. The number of carbonyl (C=O) groups is 1. The van der Waals surface area contributed by atoms with E-state index < -0.39 is 4.92 Å². The van der Waals surface area contributed by atoms with Gasteiger partial charge >= 0.3 is 0 Å². The Labute approximate surface area is 143 Å². The number of nitrogens with zero attached hydrogens (tertiary/aromatic N) is 1. The molecule has 0 atom stereocenters. The topological polar surface area (TPSA) is 78.7 Å². The molecule has 0 aliphatic heterocycles. The lowest BCUT2D eigenvalue weighted by molar-refractivity contribution is -0.385. The lowest BCUT2D eigenvalue weighted by Gasteiger charge is -2.08. The van der Waals surface area contributed by atoms with Crippen LogP contribution in [0.2, 0.25) is 5.02 Å². The van der Waals surface area contributed by atoms with Crippen molar-refractivity contribution in [3.8, 4) is 11.5 Å². The first-order valence-electron chi connectivity index (χ1n) is 6.84. The molecule has 0 unspecified atom stereocenters. The highest BCUT2D eigenvalue weighted by atomic mass is 35.5. The van der Waals surface area contributed by atoms with E-state index in [-0.39, 0.29) is 22.8 Å². The SMILES string of the molecule is COc1cc(/C=C/C(=O)c2ccc(Cl)cc2)c([N+](=O)[O-])cc1OC. The van der Waals surface area contributed by atoms with Gasteiger partial charge in [0.25, 0.3) is 5.69 Å². The van der Waals surface area contributed by atoms with Crippen LogP contribution < -0.4 is 9.47 Å². The number of ketones is 1. The fourth-order valence-corrected chi connectivity index (χ4v) is 2.18. The maximum atomic E-state index is 12.1. The molecule has 124 valence electrons. The fourth-order valence-electron chi connectivity index (χ4n) is 2.05. The van der Waals surface area contributed by atoms with Crippen molar-refractivity contribution >= 4 is 29.1 Å². The first-order chi connectivity index (χ1) is 11.5. The monoisotopic (exact) mass is 347 g/mol. The van der Waals surface area contributed by atoms with Crippen LogP contribution in [0.3, 0.4) is 0 Å². The van der Waals surface area contributed by atoms with Crippen molar-refractivity contribution in [1.82, 2.24) is 0 Å². The highest BCUT2D eigenvalue weighted by Crippen LogP contribution is 2.35. The third-order valence-electron chi connectivity index (χ3n) is 3.27. The molecule has 0 fully saturated rings. The molecule has 0 aliphatic carbocycles. The van der Waals surface area contributed by atoms with Gasteiger partial charge in [0.15, 0.2) is 17.3 Å². The molecule has 0 saturated heterocycles. The second kappa shape index (κ2) is 7.61. The highest BCUT2D eigenvalue weighted by molar-refractivity contribution is 6.30. The van der Waals surface area contributed by atoms with Crippen LogP contribution in [-0.2, 0) is 0 Å². The number of carbonyl (C=O) groups excluding carboxylic acids is 1. The molecule has 2 aromatic rings. The first-order valence-corrected chi connectivity index (χ1v) is 7.22. The van der Waals surface area contributed by atoms with Crippen molar-refractivity contribution in [3.63, 3.8) is 0 Å². The van der Waals surface area contributed by atoms with Crippen molar-refractivity contribution in [2.45, 2.75) is 0 Å². The zero-order valence-corrected chi connectivity index (χ0v) is 13.7. The molecule has 2 aromatic carbocycles. The van der Waals surface area contributed by atoms with Gasteiger partial charge in [-0.15, -0.1) is 0 Å². The van der Waals surface area contributed by atoms with E-state index in [1.165, 1.54) is 38.5 Å². The van der Waals surface area contributed by atoms with Crippen LogP contribution in [0.25, 0.3) is 6.08 Å². The molecule has 0 spiro atoms. The van der Waals surface area contributed by atoms with Crippen LogP contribution in [0, 0.1) is 10.1 Å².